The van der Waals surface area contributed by atoms with Crippen molar-refractivity contribution in [1.82, 2.24) is 5.32 Å². The van der Waals surface area contributed by atoms with Gasteiger partial charge in [0.2, 0.25) is 11.8 Å². The molecule has 2 saturated heterocycles. The van der Waals surface area contributed by atoms with Crippen LogP contribution in [0.4, 0.5) is 5.69 Å². The Bertz CT molecular complexity index is 1150. The molecule has 5 rings (SSSR count). The van der Waals surface area contributed by atoms with Gasteiger partial charge in [-0.2, -0.15) is 0 Å². The molecule has 3 aliphatic rings. The maximum absolute atomic E-state index is 13.5. The van der Waals surface area contributed by atoms with Gasteiger partial charge >= 0.3 is 0 Å². The average molecular weight is 465 g/mol. The first-order valence-corrected chi connectivity index (χ1v) is 11.3. The maximum Gasteiger partial charge on any atom is 0.234 e. The van der Waals surface area contributed by atoms with Gasteiger partial charge in [0, 0.05) is 6.54 Å². The van der Waals surface area contributed by atoms with E-state index in [4.69, 9.17) is 18.9 Å². The van der Waals surface area contributed by atoms with Gasteiger partial charge in [0.15, 0.2) is 11.5 Å². The highest BCUT2D eigenvalue weighted by Gasteiger charge is 2.67. The van der Waals surface area contributed by atoms with E-state index in [0.29, 0.717) is 42.4 Å². The Morgan fingerprint density at radius 2 is 1.85 bits per heavy atom. The topological polar surface area (TPSA) is 86.3 Å². The molecule has 1 spiro atoms. The van der Waals surface area contributed by atoms with Crippen molar-refractivity contribution >= 4 is 17.5 Å². The minimum Gasteiger partial charge on any atom is -0.495 e. The molecule has 34 heavy (non-hydrogen) atoms. The van der Waals surface area contributed by atoms with Gasteiger partial charge in [-0.3, -0.25) is 9.59 Å². The SMILES string of the molecule is COc1ccc(CCNC(=O)[C@H]2[C@H]3C(=O)N(c4ccccc4OC)C[C@]34C=C[C@H]2O4)cc1OC. The van der Waals surface area contributed by atoms with Crippen LogP contribution in [0.25, 0.3) is 0 Å². The van der Waals surface area contributed by atoms with E-state index in [1.54, 1.807) is 26.2 Å². The van der Waals surface area contributed by atoms with Crippen LogP contribution in [0.15, 0.2) is 54.6 Å². The minimum absolute atomic E-state index is 0.114. The second kappa shape index (κ2) is 8.68. The first-order chi connectivity index (χ1) is 16.5. The van der Waals surface area contributed by atoms with E-state index in [-0.39, 0.29) is 11.8 Å². The van der Waals surface area contributed by atoms with Crippen LogP contribution in [0, 0.1) is 11.8 Å². The zero-order valence-electron chi connectivity index (χ0n) is 19.4. The molecule has 1 N–H and O–H groups in total. The normalized spacial score (nSPS) is 26.5. The second-order valence-electron chi connectivity index (χ2n) is 8.73. The molecule has 2 amide bonds. The molecule has 4 atom stereocenters. The van der Waals surface area contributed by atoms with Gasteiger partial charge in [0.1, 0.15) is 11.4 Å². The summed E-state index contributed by atoms with van der Waals surface area (Å²) in [5.41, 5.74) is 0.915. The van der Waals surface area contributed by atoms with Crippen LogP contribution >= 0.6 is 0 Å². The lowest BCUT2D eigenvalue weighted by Gasteiger charge is -2.23. The molecule has 8 nitrogen and oxygen atoms in total. The molecule has 0 saturated carbocycles. The smallest absolute Gasteiger partial charge is 0.234 e. The molecule has 2 fully saturated rings. The molecular weight excluding hydrogens is 436 g/mol. The fourth-order valence-corrected chi connectivity index (χ4v) is 5.34. The number of carbonyl (C=O) groups excluding carboxylic acids is 2. The molecule has 2 bridgehead atoms. The summed E-state index contributed by atoms with van der Waals surface area (Å²) in [6.07, 6.45) is 4.09. The van der Waals surface area contributed by atoms with Gasteiger partial charge in [0.25, 0.3) is 0 Å². The van der Waals surface area contributed by atoms with Crippen LogP contribution in [-0.4, -0.2) is 57.9 Å². The molecule has 0 unspecified atom stereocenters. The van der Waals surface area contributed by atoms with Gasteiger partial charge in [-0.15, -0.1) is 0 Å². The van der Waals surface area contributed by atoms with Crippen LogP contribution in [0.3, 0.4) is 0 Å². The summed E-state index contributed by atoms with van der Waals surface area (Å²) in [6.45, 7) is 0.796. The highest BCUT2D eigenvalue weighted by Crippen LogP contribution is 2.53. The number of carbonyl (C=O) groups is 2. The minimum atomic E-state index is -0.784. The third-order valence-electron chi connectivity index (χ3n) is 6.94. The number of fused-ring (bicyclic) bond motifs is 1. The number of amides is 2. The number of hydrogen-bond donors (Lipinski definition) is 1. The Morgan fingerprint density at radius 3 is 2.62 bits per heavy atom. The van der Waals surface area contributed by atoms with Crippen molar-refractivity contribution in [2.75, 3.05) is 39.3 Å². The first-order valence-electron chi connectivity index (χ1n) is 11.3. The lowest BCUT2D eigenvalue weighted by molar-refractivity contribution is -0.131. The zero-order valence-corrected chi connectivity index (χ0v) is 19.4. The monoisotopic (exact) mass is 464 g/mol. The second-order valence-corrected chi connectivity index (χ2v) is 8.73. The molecular formula is C26H28N2O6. The van der Waals surface area contributed by atoms with Gasteiger partial charge in [-0.05, 0) is 36.2 Å². The number of benzene rings is 2. The van der Waals surface area contributed by atoms with Gasteiger partial charge < -0.3 is 29.2 Å². The number of nitrogens with zero attached hydrogens (tertiary/aromatic N) is 1. The van der Waals surface area contributed by atoms with E-state index < -0.39 is 23.5 Å². The van der Waals surface area contributed by atoms with Crippen molar-refractivity contribution in [3.8, 4) is 17.2 Å². The predicted molar refractivity (Wildman–Crippen MR) is 125 cm³/mol. The predicted octanol–water partition coefficient (Wildman–Crippen LogP) is 2.36. The van der Waals surface area contributed by atoms with E-state index in [1.165, 1.54) is 0 Å². The summed E-state index contributed by atoms with van der Waals surface area (Å²) in [6, 6.07) is 13.1. The fourth-order valence-electron chi connectivity index (χ4n) is 5.34. The average Bonchev–Trinajstić information content (AvgIpc) is 3.51. The Kier molecular flexibility index (Phi) is 5.69. The van der Waals surface area contributed by atoms with E-state index in [1.807, 2.05) is 54.6 Å². The molecule has 3 heterocycles. The molecule has 2 aromatic rings. The summed E-state index contributed by atoms with van der Waals surface area (Å²) in [7, 11) is 4.76. The summed E-state index contributed by atoms with van der Waals surface area (Å²) in [5.74, 6) is 0.504. The Labute approximate surface area is 198 Å². The van der Waals surface area contributed by atoms with E-state index in [9.17, 15) is 9.59 Å². The number of methoxy groups -OCH3 is 3. The molecule has 0 aliphatic carbocycles. The van der Waals surface area contributed by atoms with Crippen LogP contribution < -0.4 is 24.4 Å². The summed E-state index contributed by atoms with van der Waals surface area (Å²) in [5, 5.41) is 3.01. The number of rotatable bonds is 8. The van der Waals surface area contributed by atoms with Crippen molar-refractivity contribution in [1.29, 1.82) is 0 Å². The Balaban J connectivity index is 1.29. The summed E-state index contributed by atoms with van der Waals surface area (Å²) >= 11 is 0. The van der Waals surface area contributed by atoms with Crippen molar-refractivity contribution in [3.05, 3.63) is 60.2 Å². The van der Waals surface area contributed by atoms with Gasteiger partial charge in [-0.25, -0.2) is 0 Å². The van der Waals surface area contributed by atoms with Crippen LogP contribution in [0.5, 0.6) is 17.2 Å². The van der Waals surface area contributed by atoms with Gasteiger partial charge in [-0.1, -0.05) is 30.4 Å². The molecule has 8 heteroatoms. The van der Waals surface area contributed by atoms with E-state index >= 15 is 0 Å². The maximum atomic E-state index is 13.5. The third kappa shape index (κ3) is 3.49. The van der Waals surface area contributed by atoms with Crippen LogP contribution in [0.1, 0.15) is 5.56 Å². The third-order valence-corrected chi connectivity index (χ3v) is 6.94. The number of para-hydroxylation sites is 2. The molecule has 178 valence electrons. The Morgan fingerprint density at radius 1 is 1.09 bits per heavy atom. The number of nitrogens with one attached hydrogen (secondary N) is 1. The zero-order chi connectivity index (χ0) is 23.9. The lowest BCUT2D eigenvalue weighted by Crippen LogP contribution is -2.44. The molecule has 0 aromatic heterocycles. The van der Waals surface area contributed by atoms with Gasteiger partial charge in [0.05, 0.1) is 51.5 Å². The number of anilines is 1. The largest absolute Gasteiger partial charge is 0.495 e. The van der Waals surface area contributed by atoms with Crippen molar-refractivity contribution in [3.63, 3.8) is 0 Å². The van der Waals surface area contributed by atoms with Crippen LogP contribution in [0.2, 0.25) is 0 Å². The van der Waals surface area contributed by atoms with Crippen molar-refractivity contribution in [2.45, 2.75) is 18.1 Å². The van der Waals surface area contributed by atoms with Crippen molar-refractivity contribution in [2.24, 2.45) is 11.8 Å². The molecule has 3 aliphatic heterocycles. The summed E-state index contributed by atoms with van der Waals surface area (Å²) < 4.78 is 22.3. The molecule has 2 aromatic carbocycles. The fraction of sp³-hybridized carbons (Fsp3) is 0.385. The standard InChI is InChI=1S/C26H28N2O6/c1-31-18-7-5-4-6-17(18)28-15-26-12-10-20(34-26)22(23(26)25(28)30)24(29)27-13-11-16-8-9-19(32-2)21(14-16)33-3/h4-10,12,14,20,22-23H,11,13,15H2,1-3H3,(H,27,29)/t20-,22-,23+,26-/m1/s1. The summed E-state index contributed by atoms with van der Waals surface area (Å²) in [4.78, 5) is 28.4. The Hall–Kier alpha value is -3.52. The van der Waals surface area contributed by atoms with E-state index in [2.05, 4.69) is 5.32 Å². The number of hydrogen-bond acceptors (Lipinski definition) is 6. The first kappa shape index (κ1) is 22.3. The molecule has 0 radical (unpaired) electrons. The highest BCUT2D eigenvalue weighted by atomic mass is 16.5. The van der Waals surface area contributed by atoms with Crippen molar-refractivity contribution < 1.29 is 28.5 Å². The lowest BCUT2D eigenvalue weighted by atomic mass is 9.77. The highest BCUT2D eigenvalue weighted by molar-refractivity contribution is 6.04. The quantitative estimate of drug-likeness (QED) is 0.604. The van der Waals surface area contributed by atoms with E-state index in [0.717, 1.165) is 5.56 Å². The van der Waals surface area contributed by atoms with Crippen LogP contribution in [-0.2, 0) is 20.7 Å². The number of ether oxygens (including phenoxy) is 4.